The third-order valence-corrected chi connectivity index (χ3v) is 5.89. The predicted octanol–water partition coefficient (Wildman–Crippen LogP) is 2.22. The fraction of sp³-hybridized carbons (Fsp3) is 0.294. The van der Waals surface area contributed by atoms with E-state index in [4.69, 9.17) is 0 Å². The van der Waals surface area contributed by atoms with E-state index in [1.165, 1.54) is 12.1 Å². The first-order valence-electron chi connectivity index (χ1n) is 7.78. The number of hydrogen-bond acceptors (Lipinski definition) is 5. The van der Waals surface area contributed by atoms with Gasteiger partial charge in [-0.25, -0.2) is 17.2 Å². The van der Waals surface area contributed by atoms with Gasteiger partial charge in [-0.3, -0.25) is 0 Å². The van der Waals surface area contributed by atoms with Crippen molar-refractivity contribution in [1.29, 1.82) is 0 Å². The number of nitrogens with zero attached hydrogens (tertiary/aromatic N) is 1. The van der Waals surface area contributed by atoms with Crippen molar-refractivity contribution in [2.24, 2.45) is 0 Å². The number of methoxy groups -OCH3 is 1. The first-order valence-corrected chi connectivity index (χ1v) is 9.26. The van der Waals surface area contributed by atoms with E-state index in [1.54, 1.807) is 6.07 Å². The minimum atomic E-state index is -4.14. The Morgan fingerprint density at radius 1 is 1.12 bits per heavy atom. The lowest BCUT2D eigenvalue weighted by Gasteiger charge is -2.29. The van der Waals surface area contributed by atoms with Crippen LogP contribution in [0.2, 0.25) is 0 Å². The van der Waals surface area contributed by atoms with Gasteiger partial charge in [0.1, 0.15) is 4.90 Å². The van der Waals surface area contributed by atoms with Gasteiger partial charge in [-0.1, -0.05) is 6.07 Å². The second-order valence-corrected chi connectivity index (χ2v) is 7.55. The zero-order chi connectivity index (χ0) is 18.0. The zero-order valence-electron chi connectivity index (χ0n) is 13.6. The van der Waals surface area contributed by atoms with Crippen LogP contribution in [0.25, 0.3) is 0 Å². The second kappa shape index (κ2) is 6.97. The minimum absolute atomic E-state index is 0.0453. The summed E-state index contributed by atoms with van der Waals surface area (Å²) in [5.74, 6) is -2.89. The van der Waals surface area contributed by atoms with Crippen molar-refractivity contribution < 1.29 is 21.9 Å². The zero-order valence-corrected chi connectivity index (χ0v) is 14.4. The van der Waals surface area contributed by atoms with Gasteiger partial charge in [0.2, 0.25) is 9.84 Å². The van der Waals surface area contributed by atoms with Gasteiger partial charge in [0.25, 0.3) is 0 Å². The van der Waals surface area contributed by atoms with Crippen LogP contribution in [0.1, 0.15) is 0 Å². The van der Waals surface area contributed by atoms with Crippen molar-refractivity contribution in [3.8, 4) is 5.75 Å². The average Bonchev–Trinajstić information content (AvgIpc) is 2.63. The van der Waals surface area contributed by atoms with Crippen molar-refractivity contribution in [2.45, 2.75) is 9.79 Å². The van der Waals surface area contributed by atoms with Crippen LogP contribution < -0.4 is 15.0 Å². The molecular formula is C17H18F2N2O3S. The molecule has 1 fully saturated rings. The average molecular weight is 368 g/mol. The lowest BCUT2D eigenvalue weighted by atomic mass is 10.2. The number of anilines is 1. The highest BCUT2D eigenvalue weighted by atomic mass is 32.2. The van der Waals surface area contributed by atoms with E-state index >= 15 is 0 Å². The normalized spacial score (nSPS) is 15.2. The monoisotopic (exact) mass is 368 g/mol. The molecule has 0 aromatic heterocycles. The molecule has 5 nitrogen and oxygen atoms in total. The summed E-state index contributed by atoms with van der Waals surface area (Å²) in [5, 5.41) is 3.22. The van der Waals surface area contributed by atoms with Crippen molar-refractivity contribution in [3.63, 3.8) is 0 Å². The summed E-state index contributed by atoms with van der Waals surface area (Å²) >= 11 is 0. The van der Waals surface area contributed by atoms with Crippen LogP contribution in [-0.4, -0.2) is 41.7 Å². The molecule has 0 bridgehead atoms. The highest BCUT2D eigenvalue weighted by molar-refractivity contribution is 7.91. The summed E-state index contributed by atoms with van der Waals surface area (Å²) < 4.78 is 58.2. The number of rotatable bonds is 4. The quantitative estimate of drug-likeness (QED) is 0.839. The predicted molar refractivity (Wildman–Crippen MR) is 89.9 cm³/mol. The summed E-state index contributed by atoms with van der Waals surface area (Å²) in [6, 6.07) is 8.13. The lowest BCUT2D eigenvalue weighted by Crippen LogP contribution is -2.43. The van der Waals surface area contributed by atoms with Crippen molar-refractivity contribution in [1.82, 2.24) is 5.32 Å². The Morgan fingerprint density at radius 2 is 1.84 bits per heavy atom. The smallest absolute Gasteiger partial charge is 0.209 e. The van der Waals surface area contributed by atoms with Gasteiger partial charge < -0.3 is 15.0 Å². The number of ether oxygens (including phenoxy) is 1. The van der Waals surface area contributed by atoms with Crippen LogP contribution in [-0.2, 0) is 9.84 Å². The van der Waals surface area contributed by atoms with E-state index in [9.17, 15) is 17.2 Å². The van der Waals surface area contributed by atoms with E-state index < -0.39 is 32.1 Å². The number of halogens is 2. The maximum Gasteiger partial charge on any atom is 0.209 e. The van der Waals surface area contributed by atoms with Gasteiger partial charge >= 0.3 is 0 Å². The van der Waals surface area contributed by atoms with Gasteiger partial charge in [-0.15, -0.1) is 0 Å². The molecular weight excluding hydrogens is 350 g/mol. The Hall–Kier alpha value is -2.19. The topological polar surface area (TPSA) is 58.6 Å². The molecule has 8 heteroatoms. The van der Waals surface area contributed by atoms with Crippen LogP contribution in [0.3, 0.4) is 0 Å². The van der Waals surface area contributed by atoms with Gasteiger partial charge in [0.05, 0.1) is 12.0 Å². The van der Waals surface area contributed by atoms with Gasteiger partial charge in [-0.2, -0.15) is 0 Å². The Kier molecular flexibility index (Phi) is 4.91. The molecule has 0 amide bonds. The first kappa shape index (κ1) is 17.6. The summed E-state index contributed by atoms with van der Waals surface area (Å²) in [4.78, 5) is 1.40. The molecule has 2 aromatic carbocycles. The number of sulfone groups is 1. The maximum absolute atomic E-state index is 14.4. The van der Waals surface area contributed by atoms with Crippen LogP contribution in [0.5, 0.6) is 5.75 Å². The molecule has 0 atom stereocenters. The highest BCUT2D eigenvalue weighted by Crippen LogP contribution is 2.32. The van der Waals surface area contributed by atoms with E-state index in [2.05, 4.69) is 15.0 Å². The van der Waals surface area contributed by atoms with Gasteiger partial charge in [0.15, 0.2) is 17.4 Å². The Morgan fingerprint density at radius 3 is 2.52 bits per heavy atom. The fourth-order valence-corrected chi connectivity index (χ4v) is 4.17. The van der Waals surface area contributed by atoms with Gasteiger partial charge in [-0.05, 0) is 30.3 Å². The summed E-state index contributed by atoms with van der Waals surface area (Å²) in [7, 11) is -3.06. The highest BCUT2D eigenvalue weighted by Gasteiger charge is 2.27. The third-order valence-electron chi connectivity index (χ3n) is 4.12. The molecule has 0 saturated carbocycles. The molecule has 25 heavy (non-hydrogen) atoms. The molecule has 1 saturated heterocycles. The number of hydrogen-bond donors (Lipinski definition) is 1. The first-order chi connectivity index (χ1) is 11.9. The lowest BCUT2D eigenvalue weighted by molar-refractivity contribution is 0.354. The molecule has 2 aromatic rings. The SMILES string of the molecule is COc1c(F)ccc(S(=O)(=O)c2cccc(N3CCNCC3)c2)c1F. The van der Waals surface area contributed by atoms with E-state index in [1.807, 2.05) is 6.07 Å². The van der Waals surface area contributed by atoms with Crippen molar-refractivity contribution >= 4 is 15.5 Å². The molecule has 1 aliphatic heterocycles. The Labute approximate surface area is 145 Å². The largest absolute Gasteiger partial charge is 0.491 e. The van der Waals surface area contributed by atoms with E-state index in [0.29, 0.717) is 0 Å². The van der Waals surface area contributed by atoms with Crippen LogP contribution in [0, 0.1) is 11.6 Å². The number of benzene rings is 2. The van der Waals surface area contributed by atoms with Crippen LogP contribution in [0.4, 0.5) is 14.5 Å². The Balaban J connectivity index is 2.04. The Bertz CT molecular complexity index is 881. The van der Waals surface area contributed by atoms with E-state index in [-0.39, 0.29) is 4.90 Å². The number of piperazine rings is 1. The number of nitrogens with one attached hydrogen (secondary N) is 1. The molecule has 0 unspecified atom stereocenters. The molecule has 0 aliphatic carbocycles. The van der Waals surface area contributed by atoms with Crippen LogP contribution in [0.15, 0.2) is 46.2 Å². The molecule has 134 valence electrons. The molecule has 0 radical (unpaired) electrons. The molecule has 1 heterocycles. The summed E-state index contributed by atoms with van der Waals surface area (Å²) in [6.45, 7) is 3.12. The summed E-state index contributed by atoms with van der Waals surface area (Å²) in [6.07, 6.45) is 0. The second-order valence-electron chi connectivity index (χ2n) is 5.63. The molecule has 0 spiro atoms. The van der Waals surface area contributed by atoms with Crippen LogP contribution >= 0.6 is 0 Å². The van der Waals surface area contributed by atoms with Gasteiger partial charge in [0, 0.05) is 31.9 Å². The molecule has 1 N–H and O–H groups in total. The summed E-state index contributed by atoms with van der Waals surface area (Å²) in [5.41, 5.74) is 0.747. The third kappa shape index (κ3) is 3.32. The van der Waals surface area contributed by atoms with Crippen molar-refractivity contribution in [3.05, 3.63) is 48.0 Å². The minimum Gasteiger partial charge on any atom is -0.491 e. The molecule has 1 aliphatic rings. The fourth-order valence-electron chi connectivity index (χ4n) is 2.81. The maximum atomic E-state index is 14.4. The van der Waals surface area contributed by atoms with Crippen molar-refractivity contribution in [2.75, 3.05) is 38.2 Å². The van der Waals surface area contributed by atoms with E-state index in [0.717, 1.165) is 51.1 Å². The molecule has 3 rings (SSSR count). The standard InChI is InChI=1S/C17H18F2N2O3S/c1-24-17-14(18)5-6-15(16(17)19)25(22,23)13-4-2-3-12(11-13)21-9-7-20-8-10-21/h2-6,11,20H,7-10H2,1H3.